The van der Waals surface area contributed by atoms with Crippen LogP contribution in [0.1, 0.15) is 26.5 Å². The highest BCUT2D eigenvalue weighted by molar-refractivity contribution is 5.59. The average molecular weight is 241 g/mol. The molecule has 0 radical (unpaired) electrons. The van der Waals surface area contributed by atoms with E-state index in [2.05, 4.69) is 10.4 Å². The molecule has 0 aliphatic rings. The number of aryl methyl sites for hydroxylation is 2. The van der Waals surface area contributed by atoms with Crippen molar-refractivity contribution in [3.63, 3.8) is 0 Å². The molecule has 1 heterocycles. The Kier molecular flexibility index (Phi) is 3.72. The Hall–Kier alpha value is -1.63. The van der Waals surface area contributed by atoms with E-state index in [0.29, 0.717) is 24.6 Å². The number of anilines is 1. The molecule has 0 aromatic carbocycles. The van der Waals surface area contributed by atoms with Crippen molar-refractivity contribution in [1.29, 1.82) is 0 Å². The molecule has 3 N–H and O–H groups in total. The maximum Gasteiger partial charge on any atom is 0.333 e. The minimum absolute atomic E-state index is 0.0242. The molecule has 1 aromatic heterocycles. The van der Waals surface area contributed by atoms with Gasteiger partial charge in [-0.2, -0.15) is 5.10 Å². The molecule has 0 saturated carbocycles. The monoisotopic (exact) mass is 241 g/mol. The second-order valence-electron chi connectivity index (χ2n) is 4.70. The van der Waals surface area contributed by atoms with Crippen molar-refractivity contribution in [1.82, 2.24) is 9.78 Å². The van der Waals surface area contributed by atoms with E-state index in [4.69, 9.17) is 5.73 Å². The summed E-state index contributed by atoms with van der Waals surface area (Å²) >= 11 is 0. The van der Waals surface area contributed by atoms with E-state index in [0.717, 1.165) is 0 Å². The van der Waals surface area contributed by atoms with E-state index < -0.39 is 10.5 Å². The lowest BCUT2D eigenvalue weighted by atomic mass is 10.1. The first kappa shape index (κ1) is 13.4. The molecule has 7 nitrogen and oxygen atoms in total. The molecule has 17 heavy (non-hydrogen) atoms. The fourth-order valence-corrected chi connectivity index (χ4v) is 1.51. The number of nitrogens with zero attached hydrogens (tertiary/aromatic N) is 3. The number of nitro groups is 1. The summed E-state index contributed by atoms with van der Waals surface area (Å²) in [4.78, 5) is 10.6. The molecule has 1 aromatic rings. The lowest BCUT2D eigenvalue weighted by Crippen LogP contribution is -2.40. The van der Waals surface area contributed by atoms with Crippen LogP contribution in [0.5, 0.6) is 0 Å². The van der Waals surface area contributed by atoms with Gasteiger partial charge in [0.25, 0.3) is 0 Å². The van der Waals surface area contributed by atoms with Crippen LogP contribution in [-0.2, 0) is 6.54 Å². The van der Waals surface area contributed by atoms with Crippen molar-refractivity contribution in [3.05, 3.63) is 15.8 Å². The van der Waals surface area contributed by atoms with E-state index >= 15 is 0 Å². The Morgan fingerprint density at radius 1 is 1.59 bits per heavy atom. The highest BCUT2D eigenvalue weighted by Gasteiger charge is 2.25. The second kappa shape index (κ2) is 4.70. The van der Waals surface area contributed by atoms with Gasteiger partial charge in [0, 0.05) is 18.6 Å². The summed E-state index contributed by atoms with van der Waals surface area (Å²) in [5, 5.41) is 18.1. The predicted octanol–water partition coefficient (Wildman–Crippen LogP) is 1.27. The third-order valence-corrected chi connectivity index (χ3v) is 2.29. The molecular formula is C10H19N5O2. The van der Waals surface area contributed by atoms with Gasteiger partial charge >= 0.3 is 5.69 Å². The molecule has 96 valence electrons. The van der Waals surface area contributed by atoms with Crippen molar-refractivity contribution >= 4 is 11.5 Å². The number of hydrogen-bond acceptors (Lipinski definition) is 5. The van der Waals surface area contributed by atoms with Crippen molar-refractivity contribution in [2.45, 2.75) is 39.8 Å². The van der Waals surface area contributed by atoms with Gasteiger partial charge in [-0.1, -0.05) is 0 Å². The highest BCUT2D eigenvalue weighted by atomic mass is 16.6. The molecular weight excluding hydrogens is 222 g/mol. The normalized spacial score (nSPS) is 11.6. The number of nitrogens with two attached hydrogens (primary N) is 1. The minimum Gasteiger partial charge on any atom is -0.363 e. The van der Waals surface area contributed by atoms with Crippen LogP contribution in [0.25, 0.3) is 0 Å². The minimum atomic E-state index is -0.440. The quantitative estimate of drug-likeness (QED) is 0.597. The van der Waals surface area contributed by atoms with Crippen LogP contribution in [-0.4, -0.2) is 26.8 Å². The van der Waals surface area contributed by atoms with Gasteiger partial charge in [0.2, 0.25) is 5.82 Å². The molecule has 0 amide bonds. The molecule has 0 bridgehead atoms. The van der Waals surface area contributed by atoms with Gasteiger partial charge in [-0.3, -0.25) is 10.1 Å². The van der Waals surface area contributed by atoms with Gasteiger partial charge in [-0.05, 0) is 27.7 Å². The Morgan fingerprint density at radius 3 is 2.59 bits per heavy atom. The summed E-state index contributed by atoms with van der Waals surface area (Å²) in [5.74, 6) is 0.425. The zero-order valence-electron chi connectivity index (χ0n) is 10.6. The van der Waals surface area contributed by atoms with E-state index in [1.807, 2.05) is 20.8 Å². The molecule has 1 rings (SSSR count). The number of nitrogens with one attached hydrogen (secondary N) is 1. The largest absolute Gasteiger partial charge is 0.363 e. The number of rotatable bonds is 5. The third-order valence-electron chi connectivity index (χ3n) is 2.29. The zero-order chi connectivity index (χ0) is 13.2. The summed E-state index contributed by atoms with van der Waals surface area (Å²) in [6.45, 7) is 8.23. The first-order chi connectivity index (χ1) is 7.76. The first-order valence-electron chi connectivity index (χ1n) is 5.51. The van der Waals surface area contributed by atoms with Gasteiger partial charge in [0.15, 0.2) is 0 Å². The van der Waals surface area contributed by atoms with Gasteiger partial charge in [-0.15, -0.1) is 0 Å². The van der Waals surface area contributed by atoms with Crippen LogP contribution in [0, 0.1) is 17.0 Å². The summed E-state index contributed by atoms with van der Waals surface area (Å²) < 4.78 is 1.58. The van der Waals surface area contributed by atoms with Crippen molar-refractivity contribution in [2.75, 3.05) is 11.9 Å². The topological polar surface area (TPSA) is 99.0 Å². The lowest BCUT2D eigenvalue weighted by molar-refractivity contribution is -0.384. The standard InChI is InChI=1S/C10H19N5O2/c1-5-14-9(12-6-10(3,4)11)8(15(16)17)7(2)13-14/h12H,5-6,11H2,1-4H3. The summed E-state index contributed by atoms with van der Waals surface area (Å²) in [7, 11) is 0. The zero-order valence-corrected chi connectivity index (χ0v) is 10.6. The number of hydrogen-bond donors (Lipinski definition) is 2. The first-order valence-corrected chi connectivity index (χ1v) is 5.51. The van der Waals surface area contributed by atoms with Crippen molar-refractivity contribution in [3.8, 4) is 0 Å². The fraction of sp³-hybridized carbons (Fsp3) is 0.700. The maximum atomic E-state index is 11.0. The SMILES string of the molecule is CCn1nc(C)c([N+](=O)[O-])c1NCC(C)(C)N. The van der Waals surface area contributed by atoms with Gasteiger partial charge in [0.1, 0.15) is 5.69 Å². The molecule has 0 aliphatic heterocycles. The van der Waals surface area contributed by atoms with E-state index in [1.54, 1.807) is 11.6 Å². The Bertz CT molecular complexity index is 419. The summed E-state index contributed by atoms with van der Waals surface area (Å²) in [6.07, 6.45) is 0. The van der Waals surface area contributed by atoms with E-state index in [9.17, 15) is 10.1 Å². The van der Waals surface area contributed by atoms with Crippen molar-refractivity contribution < 1.29 is 4.92 Å². The van der Waals surface area contributed by atoms with Crippen LogP contribution in [0.3, 0.4) is 0 Å². The fourth-order valence-electron chi connectivity index (χ4n) is 1.51. The van der Waals surface area contributed by atoms with Crippen molar-refractivity contribution in [2.24, 2.45) is 5.73 Å². The lowest BCUT2D eigenvalue weighted by Gasteiger charge is -2.19. The molecule has 0 saturated heterocycles. The Morgan fingerprint density at radius 2 is 2.18 bits per heavy atom. The van der Waals surface area contributed by atoms with E-state index in [1.165, 1.54) is 0 Å². The highest BCUT2D eigenvalue weighted by Crippen LogP contribution is 2.28. The summed E-state index contributed by atoms with van der Waals surface area (Å²) in [5.41, 5.74) is 5.84. The summed E-state index contributed by atoms with van der Waals surface area (Å²) in [6, 6.07) is 0. The molecule has 7 heteroatoms. The van der Waals surface area contributed by atoms with Gasteiger partial charge in [-0.25, -0.2) is 4.68 Å². The molecule has 0 aliphatic carbocycles. The Labute approximate surface area is 100 Å². The molecule has 0 atom stereocenters. The van der Waals surface area contributed by atoms with Crippen LogP contribution in [0.4, 0.5) is 11.5 Å². The Balaban J connectivity index is 3.07. The average Bonchev–Trinajstić information content (AvgIpc) is 2.50. The maximum absolute atomic E-state index is 11.0. The predicted molar refractivity (Wildman–Crippen MR) is 66.0 cm³/mol. The van der Waals surface area contributed by atoms with Crippen LogP contribution in [0.2, 0.25) is 0 Å². The van der Waals surface area contributed by atoms with Gasteiger partial charge < -0.3 is 11.1 Å². The molecule has 0 spiro atoms. The van der Waals surface area contributed by atoms with E-state index in [-0.39, 0.29) is 5.69 Å². The van der Waals surface area contributed by atoms with Crippen LogP contribution < -0.4 is 11.1 Å². The molecule has 0 unspecified atom stereocenters. The van der Waals surface area contributed by atoms with Crippen LogP contribution in [0.15, 0.2) is 0 Å². The van der Waals surface area contributed by atoms with Gasteiger partial charge in [0.05, 0.1) is 4.92 Å². The molecule has 0 fully saturated rings. The third kappa shape index (κ3) is 3.16. The number of aromatic nitrogens is 2. The smallest absolute Gasteiger partial charge is 0.333 e. The van der Waals surface area contributed by atoms with Crippen LogP contribution >= 0.6 is 0 Å². The second-order valence-corrected chi connectivity index (χ2v) is 4.70.